The van der Waals surface area contributed by atoms with Crippen LogP contribution in [0.2, 0.25) is 0 Å². The van der Waals surface area contributed by atoms with Gasteiger partial charge in [0.05, 0.1) is 11.0 Å². The third kappa shape index (κ3) is 2.61. The average Bonchev–Trinajstić information content (AvgIpc) is 2.82. The Morgan fingerprint density at radius 2 is 2.05 bits per heavy atom. The lowest BCUT2D eigenvalue weighted by molar-refractivity contribution is 0.625. The molecule has 0 amide bonds. The molecule has 1 aromatic heterocycles. The van der Waals surface area contributed by atoms with Crippen molar-refractivity contribution in [1.82, 2.24) is 9.97 Å². The molecule has 3 nitrogen and oxygen atoms in total. The van der Waals surface area contributed by atoms with Crippen LogP contribution in [-0.4, -0.2) is 9.97 Å². The highest BCUT2D eigenvalue weighted by Crippen LogP contribution is 2.19. The maximum Gasteiger partial charge on any atom is 0.201 e. The third-order valence-electron chi connectivity index (χ3n) is 2.84. The molecule has 0 saturated carbocycles. The van der Waals surface area contributed by atoms with E-state index in [2.05, 4.69) is 31.2 Å². The van der Waals surface area contributed by atoms with Gasteiger partial charge in [-0.2, -0.15) is 0 Å². The van der Waals surface area contributed by atoms with Crippen molar-refractivity contribution in [2.75, 3.05) is 5.32 Å². The summed E-state index contributed by atoms with van der Waals surface area (Å²) >= 11 is 3.40. The maximum atomic E-state index is 13.2. The molecule has 19 heavy (non-hydrogen) atoms. The molecule has 3 aromatic rings. The van der Waals surface area contributed by atoms with E-state index in [1.165, 1.54) is 12.1 Å². The number of halogens is 2. The molecule has 0 radical (unpaired) electrons. The van der Waals surface area contributed by atoms with E-state index < -0.39 is 0 Å². The normalized spacial score (nSPS) is 10.8. The number of H-pyrrole nitrogens is 1. The Hall–Kier alpha value is -1.88. The summed E-state index contributed by atoms with van der Waals surface area (Å²) in [7, 11) is 0. The molecule has 96 valence electrons. The summed E-state index contributed by atoms with van der Waals surface area (Å²) in [6.07, 6.45) is 0. The summed E-state index contributed by atoms with van der Waals surface area (Å²) in [5.74, 6) is 0.432. The number of nitrogens with one attached hydrogen (secondary N) is 2. The van der Waals surface area contributed by atoms with Gasteiger partial charge in [-0.05, 0) is 35.9 Å². The maximum absolute atomic E-state index is 13.2. The van der Waals surface area contributed by atoms with Gasteiger partial charge in [0.25, 0.3) is 0 Å². The molecule has 2 N–H and O–H groups in total. The number of benzene rings is 2. The van der Waals surface area contributed by atoms with E-state index in [4.69, 9.17) is 0 Å². The van der Waals surface area contributed by atoms with Crippen molar-refractivity contribution in [1.29, 1.82) is 0 Å². The molecular weight excluding hydrogens is 309 g/mol. The molecule has 5 heteroatoms. The molecule has 0 fully saturated rings. The van der Waals surface area contributed by atoms with E-state index in [9.17, 15) is 4.39 Å². The van der Waals surface area contributed by atoms with Crippen molar-refractivity contribution < 1.29 is 4.39 Å². The molecule has 2 aromatic carbocycles. The van der Waals surface area contributed by atoms with Gasteiger partial charge in [0, 0.05) is 11.0 Å². The second kappa shape index (κ2) is 5.01. The Balaban J connectivity index is 1.80. The second-order valence-electron chi connectivity index (χ2n) is 4.19. The minimum Gasteiger partial charge on any atom is -0.352 e. The van der Waals surface area contributed by atoms with Gasteiger partial charge >= 0.3 is 0 Å². The third-order valence-corrected chi connectivity index (χ3v) is 3.62. The predicted octanol–water partition coefficient (Wildman–Crippen LogP) is 4.08. The number of aromatic nitrogens is 2. The van der Waals surface area contributed by atoms with Crippen molar-refractivity contribution in [3.8, 4) is 0 Å². The van der Waals surface area contributed by atoms with Crippen LogP contribution >= 0.6 is 15.9 Å². The largest absolute Gasteiger partial charge is 0.352 e. The van der Waals surface area contributed by atoms with Crippen LogP contribution in [0.4, 0.5) is 10.3 Å². The van der Waals surface area contributed by atoms with Gasteiger partial charge in [-0.15, -0.1) is 0 Å². The summed E-state index contributed by atoms with van der Waals surface area (Å²) < 4.78 is 14.0. The van der Waals surface area contributed by atoms with Crippen molar-refractivity contribution in [2.24, 2.45) is 0 Å². The van der Waals surface area contributed by atoms with E-state index in [1.54, 1.807) is 6.07 Å². The molecule has 0 unspecified atom stereocenters. The molecule has 0 spiro atoms. The Labute approximate surface area is 118 Å². The van der Waals surface area contributed by atoms with Crippen molar-refractivity contribution in [3.05, 3.63) is 58.3 Å². The predicted molar refractivity (Wildman–Crippen MR) is 77.5 cm³/mol. The van der Waals surface area contributed by atoms with Crippen LogP contribution in [0.5, 0.6) is 0 Å². The van der Waals surface area contributed by atoms with Crippen LogP contribution in [0.1, 0.15) is 5.56 Å². The van der Waals surface area contributed by atoms with Crippen molar-refractivity contribution in [3.63, 3.8) is 0 Å². The number of nitrogens with zero attached hydrogens (tertiary/aromatic N) is 1. The lowest BCUT2D eigenvalue weighted by Gasteiger charge is -2.05. The lowest BCUT2D eigenvalue weighted by atomic mass is 10.2. The fraction of sp³-hybridized carbons (Fsp3) is 0.0714. The van der Waals surface area contributed by atoms with Gasteiger partial charge in [0.15, 0.2) is 0 Å². The number of hydrogen-bond donors (Lipinski definition) is 2. The summed E-state index contributed by atoms with van der Waals surface area (Å²) in [6, 6.07) is 12.4. The van der Waals surface area contributed by atoms with E-state index in [-0.39, 0.29) is 5.82 Å². The van der Waals surface area contributed by atoms with E-state index in [1.807, 2.05) is 24.3 Å². The highest BCUT2D eigenvalue weighted by Gasteiger charge is 2.04. The second-order valence-corrected chi connectivity index (χ2v) is 5.05. The highest BCUT2D eigenvalue weighted by atomic mass is 79.9. The van der Waals surface area contributed by atoms with Crippen LogP contribution < -0.4 is 5.32 Å². The number of para-hydroxylation sites is 2. The standard InChI is InChI=1S/C14H11BrFN3/c15-11-6-5-10(16)7-9(11)8-17-14-18-12-3-1-2-4-13(12)19-14/h1-7H,8H2,(H2,17,18,19). The minimum absolute atomic E-state index is 0.246. The molecule has 0 atom stereocenters. The number of anilines is 1. The molecule has 0 bridgehead atoms. The van der Waals surface area contributed by atoms with Gasteiger partial charge in [-0.1, -0.05) is 28.1 Å². The van der Waals surface area contributed by atoms with Crippen LogP contribution in [-0.2, 0) is 6.54 Å². The van der Waals surface area contributed by atoms with E-state index in [0.29, 0.717) is 12.5 Å². The van der Waals surface area contributed by atoms with Crippen LogP contribution in [0.15, 0.2) is 46.9 Å². The van der Waals surface area contributed by atoms with E-state index >= 15 is 0 Å². The fourth-order valence-corrected chi connectivity index (χ4v) is 2.28. The van der Waals surface area contributed by atoms with E-state index in [0.717, 1.165) is 21.1 Å². The Morgan fingerprint density at radius 1 is 1.21 bits per heavy atom. The van der Waals surface area contributed by atoms with Crippen LogP contribution in [0.3, 0.4) is 0 Å². The number of hydrogen-bond acceptors (Lipinski definition) is 2. The molecule has 0 aliphatic rings. The zero-order valence-corrected chi connectivity index (χ0v) is 11.5. The van der Waals surface area contributed by atoms with Crippen LogP contribution in [0.25, 0.3) is 11.0 Å². The summed E-state index contributed by atoms with van der Waals surface area (Å²) in [5.41, 5.74) is 2.73. The first kappa shape index (κ1) is 12.2. The summed E-state index contributed by atoms with van der Waals surface area (Å²) in [4.78, 5) is 7.57. The topological polar surface area (TPSA) is 40.7 Å². The molecule has 3 rings (SSSR count). The Morgan fingerprint density at radius 3 is 2.89 bits per heavy atom. The zero-order chi connectivity index (χ0) is 13.2. The van der Waals surface area contributed by atoms with Crippen LogP contribution in [0, 0.1) is 5.82 Å². The number of aromatic amines is 1. The lowest BCUT2D eigenvalue weighted by Crippen LogP contribution is -2.02. The quantitative estimate of drug-likeness (QED) is 0.763. The number of imidazole rings is 1. The Kier molecular flexibility index (Phi) is 3.21. The van der Waals surface area contributed by atoms with Gasteiger partial charge < -0.3 is 10.3 Å². The first-order valence-corrected chi connectivity index (χ1v) is 6.64. The van der Waals surface area contributed by atoms with Crippen molar-refractivity contribution >= 4 is 32.9 Å². The monoisotopic (exact) mass is 319 g/mol. The first-order valence-electron chi connectivity index (χ1n) is 5.85. The smallest absolute Gasteiger partial charge is 0.201 e. The zero-order valence-electron chi connectivity index (χ0n) is 9.95. The van der Waals surface area contributed by atoms with Crippen molar-refractivity contribution in [2.45, 2.75) is 6.54 Å². The average molecular weight is 320 g/mol. The number of fused-ring (bicyclic) bond motifs is 1. The highest BCUT2D eigenvalue weighted by molar-refractivity contribution is 9.10. The number of rotatable bonds is 3. The molecule has 0 saturated heterocycles. The Bertz CT molecular complexity index is 691. The van der Waals surface area contributed by atoms with Gasteiger partial charge in [-0.25, -0.2) is 9.37 Å². The molecular formula is C14H11BrFN3. The first-order chi connectivity index (χ1) is 9.22. The van der Waals surface area contributed by atoms with Gasteiger partial charge in [0.2, 0.25) is 5.95 Å². The minimum atomic E-state index is -0.246. The summed E-state index contributed by atoms with van der Waals surface area (Å²) in [5, 5.41) is 3.16. The molecule has 1 heterocycles. The molecule has 0 aliphatic carbocycles. The van der Waals surface area contributed by atoms with Gasteiger partial charge in [-0.3, -0.25) is 0 Å². The summed E-state index contributed by atoms with van der Waals surface area (Å²) in [6.45, 7) is 0.498. The molecule has 0 aliphatic heterocycles. The fourth-order valence-electron chi connectivity index (χ4n) is 1.89. The van der Waals surface area contributed by atoms with Gasteiger partial charge in [0.1, 0.15) is 5.82 Å². The SMILES string of the molecule is Fc1ccc(Br)c(CNc2nc3ccccc3[nH]2)c1.